The normalized spacial score (nSPS) is 20.1. The van der Waals surface area contributed by atoms with Crippen LogP contribution in [0.1, 0.15) is 20.3 Å². The van der Waals surface area contributed by atoms with E-state index in [9.17, 15) is 9.90 Å². The zero-order valence-corrected chi connectivity index (χ0v) is 12.6. The van der Waals surface area contributed by atoms with Crippen molar-refractivity contribution in [2.24, 2.45) is 5.92 Å². The number of carboxylic acid groups (broad SMARTS) is 1. The first-order valence-electron chi connectivity index (χ1n) is 6.76. The number of rotatable bonds is 5. The van der Waals surface area contributed by atoms with E-state index in [4.69, 9.17) is 16.3 Å². The summed E-state index contributed by atoms with van der Waals surface area (Å²) >= 11 is 5.90. The lowest BCUT2D eigenvalue weighted by Gasteiger charge is -2.31. The van der Waals surface area contributed by atoms with E-state index >= 15 is 0 Å². The molecular weight excluding hydrogens is 278 g/mol. The maximum atomic E-state index is 11.2. The van der Waals surface area contributed by atoms with Gasteiger partial charge in [0.15, 0.2) is 0 Å². The molecule has 1 aliphatic rings. The first-order chi connectivity index (χ1) is 9.39. The molecule has 1 saturated heterocycles. The maximum Gasteiger partial charge on any atom is 0.323 e. The van der Waals surface area contributed by atoms with E-state index in [0.29, 0.717) is 17.5 Å². The Bertz CT molecular complexity index is 490. The summed E-state index contributed by atoms with van der Waals surface area (Å²) in [6.45, 7) is 5.63. The zero-order valence-electron chi connectivity index (χ0n) is 11.8. The Morgan fingerprint density at radius 3 is 2.95 bits per heavy atom. The summed E-state index contributed by atoms with van der Waals surface area (Å²) in [4.78, 5) is 13.2. The molecular formula is C15H20ClNO3. The maximum absolute atomic E-state index is 11.2. The Morgan fingerprint density at radius 1 is 1.55 bits per heavy atom. The Balaban J connectivity index is 1.86. The van der Waals surface area contributed by atoms with E-state index in [0.717, 1.165) is 25.3 Å². The van der Waals surface area contributed by atoms with Crippen molar-refractivity contribution < 1.29 is 14.6 Å². The fourth-order valence-electron chi connectivity index (χ4n) is 2.38. The second-order valence-electron chi connectivity index (χ2n) is 5.73. The zero-order chi connectivity index (χ0) is 14.8. The number of hydrogen-bond acceptors (Lipinski definition) is 3. The standard InChI is InChI=1S/C15H20ClNO3/c1-15(2,14(18)19)17-7-6-11(9-17)10-20-13-5-3-4-12(16)8-13/h3-5,8,11H,6-7,9-10H2,1-2H3,(H,18,19). The quantitative estimate of drug-likeness (QED) is 0.908. The van der Waals surface area contributed by atoms with E-state index in [1.54, 1.807) is 26.0 Å². The Morgan fingerprint density at radius 2 is 2.30 bits per heavy atom. The molecule has 20 heavy (non-hydrogen) atoms. The monoisotopic (exact) mass is 297 g/mol. The number of hydrogen-bond donors (Lipinski definition) is 1. The van der Waals surface area contributed by atoms with Crippen LogP contribution >= 0.6 is 11.6 Å². The molecule has 0 spiro atoms. The molecule has 5 heteroatoms. The van der Waals surface area contributed by atoms with Crippen molar-refractivity contribution in [1.82, 2.24) is 4.90 Å². The summed E-state index contributed by atoms with van der Waals surface area (Å²) in [6, 6.07) is 7.32. The molecule has 1 N–H and O–H groups in total. The summed E-state index contributed by atoms with van der Waals surface area (Å²) < 4.78 is 5.73. The lowest BCUT2D eigenvalue weighted by molar-refractivity contribution is -0.148. The molecule has 1 heterocycles. The molecule has 1 unspecified atom stereocenters. The molecule has 1 atom stereocenters. The molecule has 1 aromatic rings. The van der Waals surface area contributed by atoms with Crippen LogP contribution in [0.15, 0.2) is 24.3 Å². The van der Waals surface area contributed by atoms with Gasteiger partial charge in [0.05, 0.1) is 6.61 Å². The topological polar surface area (TPSA) is 49.8 Å². The third kappa shape index (κ3) is 3.44. The molecule has 4 nitrogen and oxygen atoms in total. The highest BCUT2D eigenvalue weighted by Gasteiger charge is 2.39. The lowest BCUT2D eigenvalue weighted by atomic mass is 10.0. The average molecular weight is 298 g/mol. The van der Waals surface area contributed by atoms with Crippen LogP contribution in [0.5, 0.6) is 5.75 Å². The molecule has 0 amide bonds. The molecule has 0 aromatic heterocycles. The Labute approximate surface area is 124 Å². The third-order valence-electron chi connectivity index (χ3n) is 3.88. The summed E-state index contributed by atoms with van der Waals surface area (Å²) in [5, 5.41) is 9.89. The van der Waals surface area contributed by atoms with Crippen molar-refractivity contribution in [1.29, 1.82) is 0 Å². The van der Waals surface area contributed by atoms with Crippen LogP contribution in [0.25, 0.3) is 0 Å². The van der Waals surface area contributed by atoms with Gasteiger partial charge in [-0.25, -0.2) is 0 Å². The van der Waals surface area contributed by atoms with Crippen molar-refractivity contribution in [2.75, 3.05) is 19.7 Å². The van der Waals surface area contributed by atoms with E-state index < -0.39 is 11.5 Å². The number of carboxylic acids is 1. The fraction of sp³-hybridized carbons (Fsp3) is 0.533. The summed E-state index contributed by atoms with van der Waals surface area (Å²) in [5.41, 5.74) is -0.815. The van der Waals surface area contributed by atoms with Crippen LogP contribution < -0.4 is 4.74 Å². The van der Waals surface area contributed by atoms with Gasteiger partial charge in [-0.1, -0.05) is 17.7 Å². The lowest BCUT2D eigenvalue weighted by Crippen LogP contribution is -2.49. The number of likely N-dealkylation sites (tertiary alicyclic amines) is 1. The minimum absolute atomic E-state index is 0.354. The third-order valence-corrected chi connectivity index (χ3v) is 4.12. The van der Waals surface area contributed by atoms with E-state index in [1.165, 1.54) is 0 Å². The van der Waals surface area contributed by atoms with Crippen LogP contribution in [0, 0.1) is 5.92 Å². The molecule has 1 aliphatic heterocycles. The average Bonchev–Trinajstić information content (AvgIpc) is 2.85. The van der Waals surface area contributed by atoms with Crippen molar-refractivity contribution in [3.05, 3.63) is 29.3 Å². The van der Waals surface area contributed by atoms with Gasteiger partial charge in [-0.3, -0.25) is 9.69 Å². The minimum Gasteiger partial charge on any atom is -0.493 e. The van der Waals surface area contributed by atoms with E-state index in [1.807, 2.05) is 17.0 Å². The largest absolute Gasteiger partial charge is 0.493 e. The van der Waals surface area contributed by atoms with Gasteiger partial charge in [-0.2, -0.15) is 0 Å². The first-order valence-corrected chi connectivity index (χ1v) is 7.14. The van der Waals surface area contributed by atoms with E-state index in [-0.39, 0.29) is 0 Å². The predicted molar refractivity (Wildman–Crippen MR) is 78.3 cm³/mol. The molecule has 110 valence electrons. The van der Waals surface area contributed by atoms with Crippen molar-refractivity contribution in [3.8, 4) is 5.75 Å². The minimum atomic E-state index is -0.815. The number of benzene rings is 1. The van der Waals surface area contributed by atoms with Gasteiger partial charge in [-0.15, -0.1) is 0 Å². The Hall–Kier alpha value is -1.26. The van der Waals surface area contributed by atoms with Gasteiger partial charge in [0, 0.05) is 17.5 Å². The fourth-order valence-corrected chi connectivity index (χ4v) is 2.56. The summed E-state index contributed by atoms with van der Waals surface area (Å²) in [7, 11) is 0. The first kappa shape index (κ1) is 15.1. The van der Waals surface area contributed by atoms with Crippen LogP contribution in [-0.4, -0.2) is 41.2 Å². The number of halogens is 1. The second kappa shape index (κ2) is 6.02. The Kier molecular flexibility index (Phi) is 4.55. The van der Waals surface area contributed by atoms with E-state index in [2.05, 4.69) is 0 Å². The van der Waals surface area contributed by atoms with Gasteiger partial charge in [-0.05, 0) is 45.0 Å². The molecule has 1 fully saturated rings. The van der Waals surface area contributed by atoms with Gasteiger partial charge in [0.1, 0.15) is 11.3 Å². The molecule has 0 aliphatic carbocycles. The van der Waals surface area contributed by atoms with Crippen molar-refractivity contribution >= 4 is 17.6 Å². The van der Waals surface area contributed by atoms with Crippen LogP contribution in [0.3, 0.4) is 0 Å². The molecule has 0 radical (unpaired) electrons. The van der Waals surface area contributed by atoms with Crippen LogP contribution in [0.2, 0.25) is 5.02 Å². The number of aliphatic carboxylic acids is 1. The number of carbonyl (C=O) groups is 1. The van der Waals surface area contributed by atoms with Gasteiger partial charge in [0.2, 0.25) is 0 Å². The smallest absolute Gasteiger partial charge is 0.323 e. The predicted octanol–water partition coefficient (Wildman–Crippen LogP) is 2.90. The summed E-state index contributed by atoms with van der Waals surface area (Å²) in [6.07, 6.45) is 0.956. The summed E-state index contributed by atoms with van der Waals surface area (Å²) in [5.74, 6) is 0.329. The molecule has 0 bridgehead atoms. The molecule has 1 aromatic carbocycles. The molecule has 2 rings (SSSR count). The highest BCUT2D eigenvalue weighted by atomic mass is 35.5. The number of ether oxygens (including phenoxy) is 1. The molecule has 0 saturated carbocycles. The van der Waals surface area contributed by atoms with Crippen molar-refractivity contribution in [2.45, 2.75) is 25.8 Å². The highest BCUT2D eigenvalue weighted by Crippen LogP contribution is 2.26. The van der Waals surface area contributed by atoms with Crippen molar-refractivity contribution in [3.63, 3.8) is 0 Å². The second-order valence-corrected chi connectivity index (χ2v) is 6.17. The van der Waals surface area contributed by atoms with Crippen LogP contribution in [0.4, 0.5) is 0 Å². The SMILES string of the molecule is CC(C)(C(=O)O)N1CCC(COc2cccc(Cl)c2)C1. The highest BCUT2D eigenvalue weighted by molar-refractivity contribution is 6.30. The van der Waals surface area contributed by atoms with Gasteiger partial charge >= 0.3 is 5.97 Å². The van der Waals surface area contributed by atoms with Crippen LogP contribution in [-0.2, 0) is 4.79 Å². The number of nitrogens with zero attached hydrogens (tertiary/aromatic N) is 1. The van der Waals surface area contributed by atoms with Gasteiger partial charge in [0.25, 0.3) is 0 Å². The van der Waals surface area contributed by atoms with Gasteiger partial charge < -0.3 is 9.84 Å².